The Hall–Kier alpha value is -3.33. The van der Waals surface area contributed by atoms with E-state index in [1.807, 2.05) is 30.3 Å². The summed E-state index contributed by atoms with van der Waals surface area (Å²) in [4.78, 5) is 27.0. The predicted octanol–water partition coefficient (Wildman–Crippen LogP) is 2.23. The molecule has 158 valence electrons. The maximum atomic E-state index is 12.7. The second kappa shape index (κ2) is 9.93. The molecule has 30 heavy (non-hydrogen) atoms. The number of methoxy groups -OCH3 is 2. The third-order valence-electron chi connectivity index (χ3n) is 4.68. The number of nitrogens with zero attached hydrogens (tertiary/aromatic N) is 1. The van der Waals surface area contributed by atoms with Gasteiger partial charge in [0.05, 0.1) is 26.3 Å². The van der Waals surface area contributed by atoms with Crippen molar-refractivity contribution in [2.45, 2.75) is 12.5 Å². The van der Waals surface area contributed by atoms with Gasteiger partial charge >= 0.3 is 0 Å². The zero-order chi connectivity index (χ0) is 21.5. The van der Waals surface area contributed by atoms with E-state index in [1.165, 1.54) is 7.11 Å². The third kappa shape index (κ3) is 5.18. The molecule has 0 bridgehead atoms. The first-order valence-corrected chi connectivity index (χ1v) is 9.85. The maximum Gasteiger partial charge on any atom is 0.243 e. The van der Waals surface area contributed by atoms with Crippen LogP contribution < -0.4 is 25.4 Å². The fourth-order valence-electron chi connectivity index (χ4n) is 3.17. The van der Waals surface area contributed by atoms with Crippen LogP contribution >= 0.6 is 12.2 Å². The van der Waals surface area contributed by atoms with Gasteiger partial charge in [-0.2, -0.15) is 0 Å². The molecule has 1 atom stereocenters. The molecule has 3 rings (SSSR count). The Morgan fingerprint density at radius 3 is 2.63 bits per heavy atom. The van der Waals surface area contributed by atoms with Crippen molar-refractivity contribution < 1.29 is 19.1 Å². The van der Waals surface area contributed by atoms with Crippen molar-refractivity contribution in [1.29, 1.82) is 0 Å². The molecule has 0 unspecified atom stereocenters. The van der Waals surface area contributed by atoms with Gasteiger partial charge in [0.15, 0.2) is 5.11 Å². The first-order valence-electron chi connectivity index (χ1n) is 9.44. The van der Waals surface area contributed by atoms with Crippen LogP contribution in [0, 0.1) is 0 Å². The fraction of sp³-hybridized carbons (Fsp3) is 0.286. The lowest BCUT2D eigenvalue weighted by Gasteiger charge is -2.36. The molecule has 3 N–H and O–H groups in total. The van der Waals surface area contributed by atoms with Gasteiger partial charge in [0.2, 0.25) is 11.8 Å². The van der Waals surface area contributed by atoms with Crippen LogP contribution in [-0.2, 0) is 9.59 Å². The molecule has 0 saturated carbocycles. The van der Waals surface area contributed by atoms with Crippen LogP contribution in [0.5, 0.6) is 11.5 Å². The summed E-state index contributed by atoms with van der Waals surface area (Å²) in [7, 11) is 3.06. The lowest BCUT2D eigenvalue weighted by atomic mass is 10.1. The summed E-state index contributed by atoms with van der Waals surface area (Å²) in [5.74, 6) is 0.495. The number of rotatable bonds is 6. The highest BCUT2D eigenvalue weighted by Crippen LogP contribution is 2.29. The highest BCUT2D eigenvalue weighted by atomic mass is 32.1. The second-order valence-corrected chi connectivity index (χ2v) is 7.00. The van der Waals surface area contributed by atoms with E-state index in [4.69, 9.17) is 21.7 Å². The summed E-state index contributed by atoms with van der Waals surface area (Å²) < 4.78 is 10.5. The van der Waals surface area contributed by atoms with Gasteiger partial charge in [-0.15, -0.1) is 0 Å². The lowest BCUT2D eigenvalue weighted by molar-refractivity contribution is -0.130. The zero-order valence-electron chi connectivity index (χ0n) is 16.8. The largest absolute Gasteiger partial charge is 0.497 e. The molecule has 2 aromatic carbocycles. The predicted molar refractivity (Wildman–Crippen MR) is 119 cm³/mol. The number of nitrogens with one attached hydrogen (secondary N) is 3. The molecule has 2 amide bonds. The van der Waals surface area contributed by atoms with Gasteiger partial charge in [0.25, 0.3) is 0 Å². The molecular weight excluding hydrogens is 404 g/mol. The molecule has 1 aliphatic rings. The van der Waals surface area contributed by atoms with E-state index >= 15 is 0 Å². The minimum Gasteiger partial charge on any atom is -0.497 e. The molecule has 1 heterocycles. The van der Waals surface area contributed by atoms with Crippen LogP contribution in [0.3, 0.4) is 0 Å². The van der Waals surface area contributed by atoms with Gasteiger partial charge in [-0.3, -0.25) is 9.59 Å². The van der Waals surface area contributed by atoms with Crippen LogP contribution in [0.1, 0.15) is 6.42 Å². The summed E-state index contributed by atoms with van der Waals surface area (Å²) in [6.07, 6.45) is -0.0667. The summed E-state index contributed by atoms with van der Waals surface area (Å²) in [6, 6.07) is 13.8. The monoisotopic (exact) mass is 428 g/mol. The lowest BCUT2D eigenvalue weighted by Crippen LogP contribution is -2.58. The van der Waals surface area contributed by atoms with Crippen LogP contribution in [0.2, 0.25) is 0 Å². The molecule has 9 heteroatoms. The van der Waals surface area contributed by atoms with Crippen molar-refractivity contribution in [3.63, 3.8) is 0 Å². The Bertz CT molecular complexity index is 922. The maximum absolute atomic E-state index is 12.7. The van der Waals surface area contributed by atoms with Crippen LogP contribution in [0.4, 0.5) is 11.4 Å². The highest BCUT2D eigenvalue weighted by molar-refractivity contribution is 7.80. The number of anilines is 2. The van der Waals surface area contributed by atoms with E-state index in [2.05, 4.69) is 16.0 Å². The van der Waals surface area contributed by atoms with E-state index < -0.39 is 6.04 Å². The van der Waals surface area contributed by atoms with Gasteiger partial charge in [0.1, 0.15) is 17.5 Å². The number of para-hydroxylation sites is 1. The molecule has 1 saturated heterocycles. The first-order chi connectivity index (χ1) is 14.5. The average molecular weight is 429 g/mol. The van der Waals surface area contributed by atoms with Crippen molar-refractivity contribution in [2.75, 3.05) is 37.9 Å². The van der Waals surface area contributed by atoms with E-state index in [-0.39, 0.29) is 18.2 Å². The topological polar surface area (TPSA) is 91.9 Å². The number of amides is 2. The van der Waals surface area contributed by atoms with E-state index in [1.54, 1.807) is 30.2 Å². The number of carbonyl (C=O) groups excluding carboxylic acids is 2. The van der Waals surface area contributed by atoms with Gasteiger partial charge < -0.3 is 30.3 Å². The van der Waals surface area contributed by atoms with Gasteiger partial charge in [-0.25, -0.2) is 0 Å². The number of hydrogen-bond acceptors (Lipinski definition) is 5. The highest BCUT2D eigenvalue weighted by Gasteiger charge is 2.33. The number of benzene rings is 2. The molecule has 1 fully saturated rings. The van der Waals surface area contributed by atoms with E-state index in [0.29, 0.717) is 35.4 Å². The Morgan fingerprint density at radius 1 is 1.17 bits per heavy atom. The van der Waals surface area contributed by atoms with Crippen molar-refractivity contribution in [3.05, 3.63) is 48.5 Å². The minimum absolute atomic E-state index is 0.0667. The summed E-state index contributed by atoms with van der Waals surface area (Å²) in [5, 5.41) is 9.12. The quantitative estimate of drug-likeness (QED) is 0.608. The van der Waals surface area contributed by atoms with Crippen molar-refractivity contribution in [2.24, 2.45) is 0 Å². The molecular formula is C21H24N4O4S. The second-order valence-electron chi connectivity index (χ2n) is 6.61. The fourth-order valence-corrected chi connectivity index (χ4v) is 3.50. The molecule has 8 nitrogen and oxygen atoms in total. The SMILES string of the molecule is COc1ccc(OC)c(NC(=O)C[C@H]2C(=O)NCCN2C(=S)Nc2ccccc2)c1. The summed E-state index contributed by atoms with van der Waals surface area (Å²) in [5.41, 5.74) is 1.28. The molecule has 0 aliphatic carbocycles. The standard InChI is InChI=1S/C21H24N4O4S/c1-28-15-8-9-18(29-2)16(12-15)24-19(26)13-17-20(27)22-10-11-25(17)21(30)23-14-6-4-3-5-7-14/h3-9,12,17H,10-11,13H2,1-2H3,(H,22,27)(H,23,30)(H,24,26)/t17-/m0/s1. The first kappa shape index (κ1) is 21.4. The number of hydrogen-bond donors (Lipinski definition) is 3. The van der Waals surface area contributed by atoms with Gasteiger partial charge in [-0.1, -0.05) is 18.2 Å². The number of carbonyl (C=O) groups is 2. The van der Waals surface area contributed by atoms with E-state index in [9.17, 15) is 9.59 Å². The van der Waals surface area contributed by atoms with Crippen molar-refractivity contribution >= 4 is 40.5 Å². The average Bonchev–Trinajstić information content (AvgIpc) is 2.75. The van der Waals surface area contributed by atoms with Crippen LogP contribution in [0.15, 0.2) is 48.5 Å². The molecule has 0 spiro atoms. The third-order valence-corrected chi connectivity index (χ3v) is 5.01. The molecule has 2 aromatic rings. The number of thiocarbonyl (C=S) groups is 1. The van der Waals surface area contributed by atoms with Crippen LogP contribution in [-0.4, -0.2) is 55.2 Å². The zero-order valence-corrected chi connectivity index (χ0v) is 17.6. The minimum atomic E-state index is -0.723. The van der Waals surface area contributed by atoms with Gasteiger partial charge in [0, 0.05) is 24.8 Å². The van der Waals surface area contributed by atoms with Crippen molar-refractivity contribution in [3.8, 4) is 11.5 Å². The van der Waals surface area contributed by atoms with Gasteiger partial charge in [-0.05, 0) is 36.5 Å². The molecule has 0 aromatic heterocycles. The number of ether oxygens (including phenoxy) is 2. The number of piperazine rings is 1. The normalized spacial score (nSPS) is 15.7. The van der Waals surface area contributed by atoms with E-state index in [0.717, 1.165) is 5.69 Å². The Labute approximate surface area is 180 Å². The molecule has 0 radical (unpaired) electrons. The summed E-state index contributed by atoms with van der Waals surface area (Å²) >= 11 is 5.51. The Morgan fingerprint density at radius 2 is 1.93 bits per heavy atom. The van der Waals surface area contributed by atoms with Crippen LogP contribution in [0.25, 0.3) is 0 Å². The van der Waals surface area contributed by atoms with Crippen molar-refractivity contribution in [1.82, 2.24) is 10.2 Å². The smallest absolute Gasteiger partial charge is 0.243 e. The summed E-state index contributed by atoms with van der Waals surface area (Å²) in [6.45, 7) is 0.960. The Balaban J connectivity index is 1.71. The molecule has 1 aliphatic heterocycles. The Kier molecular flexibility index (Phi) is 7.08.